The fourth-order valence-electron chi connectivity index (χ4n) is 2.61. The number of aromatic nitrogens is 1. The predicted molar refractivity (Wildman–Crippen MR) is 91.1 cm³/mol. The molecule has 0 saturated carbocycles. The number of hydrogen-bond donors (Lipinski definition) is 0. The summed E-state index contributed by atoms with van der Waals surface area (Å²) >= 11 is 6.01. The van der Waals surface area contributed by atoms with E-state index in [0.29, 0.717) is 17.5 Å². The molecule has 1 aromatic heterocycles. The van der Waals surface area contributed by atoms with Gasteiger partial charge in [-0.2, -0.15) is 0 Å². The number of urea groups is 1. The molecule has 0 unspecified atom stereocenters. The van der Waals surface area contributed by atoms with Gasteiger partial charge in [-0.3, -0.25) is 4.90 Å². The zero-order valence-corrected chi connectivity index (χ0v) is 14.6. The van der Waals surface area contributed by atoms with Gasteiger partial charge < -0.3 is 14.5 Å². The Hall–Kier alpha value is -1.53. The molecule has 1 aromatic rings. The Morgan fingerprint density at radius 3 is 2.61 bits per heavy atom. The van der Waals surface area contributed by atoms with E-state index < -0.39 is 0 Å². The first kappa shape index (κ1) is 17.8. The summed E-state index contributed by atoms with van der Waals surface area (Å²) in [7, 11) is 0. The Morgan fingerprint density at radius 1 is 1.30 bits per heavy atom. The summed E-state index contributed by atoms with van der Waals surface area (Å²) in [6, 6.07) is 3.69. The molecule has 1 saturated heterocycles. The molecular formula is C16H25ClN4O2. The van der Waals surface area contributed by atoms with E-state index in [4.69, 9.17) is 16.3 Å². The first-order chi connectivity index (χ1) is 11.2. The maximum atomic E-state index is 12.3. The topological polar surface area (TPSA) is 48.9 Å². The maximum absolute atomic E-state index is 12.3. The van der Waals surface area contributed by atoms with Crippen LogP contribution in [0.5, 0.6) is 5.88 Å². The molecule has 128 valence electrons. The smallest absolute Gasteiger partial charge is 0.320 e. The van der Waals surface area contributed by atoms with E-state index in [2.05, 4.69) is 9.88 Å². The highest BCUT2D eigenvalue weighted by Gasteiger charge is 2.23. The van der Waals surface area contributed by atoms with E-state index in [9.17, 15) is 4.79 Å². The van der Waals surface area contributed by atoms with E-state index in [1.54, 1.807) is 18.3 Å². The van der Waals surface area contributed by atoms with Crippen LogP contribution in [0.25, 0.3) is 0 Å². The van der Waals surface area contributed by atoms with E-state index in [-0.39, 0.29) is 6.03 Å². The predicted octanol–water partition coefficient (Wildman–Crippen LogP) is 2.19. The quantitative estimate of drug-likeness (QED) is 0.796. The van der Waals surface area contributed by atoms with Crippen LogP contribution in [0.2, 0.25) is 5.02 Å². The van der Waals surface area contributed by atoms with Crippen molar-refractivity contribution in [3.8, 4) is 5.88 Å². The number of carbonyl (C=O) groups is 1. The van der Waals surface area contributed by atoms with E-state index in [1.807, 2.05) is 23.6 Å². The molecule has 0 aromatic carbocycles. The highest BCUT2D eigenvalue weighted by molar-refractivity contribution is 6.31. The average Bonchev–Trinajstić information content (AvgIpc) is 2.58. The number of hydrogen-bond acceptors (Lipinski definition) is 4. The van der Waals surface area contributed by atoms with Gasteiger partial charge in [-0.15, -0.1) is 0 Å². The van der Waals surface area contributed by atoms with E-state index in [1.165, 1.54) is 0 Å². The molecule has 2 amide bonds. The van der Waals surface area contributed by atoms with E-state index in [0.717, 1.165) is 45.8 Å². The largest absolute Gasteiger partial charge is 0.475 e. The van der Waals surface area contributed by atoms with Crippen molar-refractivity contribution < 1.29 is 9.53 Å². The van der Waals surface area contributed by atoms with Gasteiger partial charge in [0.2, 0.25) is 5.88 Å². The molecule has 0 spiro atoms. The molecule has 2 rings (SSSR count). The monoisotopic (exact) mass is 340 g/mol. The first-order valence-electron chi connectivity index (χ1n) is 8.15. The van der Waals surface area contributed by atoms with Crippen molar-refractivity contribution in [2.75, 3.05) is 52.4 Å². The van der Waals surface area contributed by atoms with Crippen LogP contribution in [-0.2, 0) is 0 Å². The molecule has 1 fully saturated rings. The number of carbonyl (C=O) groups excluding carboxylic acids is 1. The second-order valence-corrected chi connectivity index (χ2v) is 5.83. The van der Waals surface area contributed by atoms with Crippen molar-refractivity contribution in [3.63, 3.8) is 0 Å². The van der Waals surface area contributed by atoms with Gasteiger partial charge in [0.1, 0.15) is 11.6 Å². The molecule has 0 radical (unpaired) electrons. The van der Waals surface area contributed by atoms with Gasteiger partial charge in [-0.25, -0.2) is 9.78 Å². The Morgan fingerprint density at radius 2 is 2.00 bits per heavy atom. The van der Waals surface area contributed by atoms with Crippen molar-refractivity contribution in [3.05, 3.63) is 23.4 Å². The Labute approximate surface area is 143 Å². The fraction of sp³-hybridized carbons (Fsp3) is 0.625. The molecule has 6 nitrogen and oxygen atoms in total. The zero-order valence-electron chi connectivity index (χ0n) is 13.9. The number of ether oxygens (including phenoxy) is 1. The summed E-state index contributed by atoms with van der Waals surface area (Å²) in [4.78, 5) is 22.5. The highest BCUT2D eigenvalue weighted by atomic mass is 35.5. The summed E-state index contributed by atoms with van der Waals surface area (Å²) in [5.74, 6) is 0.476. The third-order valence-corrected chi connectivity index (χ3v) is 4.34. The van der Waals surface area contributed by atoms with Crippen LogP contribution in [0.15, 0.2) is 18.3 Å². The summed E-state index contributed by atoms with van der Waals surface area (Å²) in [5, 5.41) is 0.530. The highest BCUT2D eigenvalue weighted by Crippen LogP contribution is 2.19. The Balaban J connectivity index is 1.71. The third-order valence-electron chi connectivity index (χ3n) is 4.05. The summed E-state index contributed by atoms with van der Waals surface area (Å²) < 4.78 is 5.61. The Kier molecular flexibility index (Phi) is 6.92. The lowest BCUT2D eigenvalue weighted by molar-refractivity contribution is 0.106. The maximum Gasteiger partial charge on any atom is 0.320 e. The van der Waals surface area contributed by atoms with Crippen LogP contribution >= 0.6 is 11.6 Å². The van der Waals surface area contributed by atoms with Gasteiger partial charge in [0, 0.05) is 52.0 Å². The molecule has 0 bridgehead atoms. The second kappa shape index (κ2) is 8.93. The lowest BCUT2D eigenvalue weighted by Gasteiger charge is -2.37. The van der Waals surface area contributed by atoms with Crippen LogP contribution in [0.3, 0.4) is 0 Å². The van der Waals surface area contributed by atoms with Gasteiger partial charge >= 0.3 is 6.03 Å². The number of nitrogens with zero attached hydrogens (tertiary/aromatic N) is 4. The standard InChI is InChI=1S/C16H25ClN4O2/c1-3-20(4-2)16(22)21-10-8-19(9-11-21)12-13-23-15-14(17)6-5-7-18-15/h5-7H,3-4,8-13H2,1-2H3. The van der Waals surface area contributed by atoms with Crippen molar-refractivity contribution in [2.24, 2.45) is 0 Å². The van der Waals surface area contributed by atoms with Crippen LogP contribution < -0.4 is 4.74 Å². The molecule has 1 aliphatic rings. The van der Waals surface area contributed by atoms with Crippen molar-refractivity contribution in [2.45, 2.75) is 13.8 Å². The van der Waals surface area contributed by atoms with Gasteiger partial charge in [0.15, 0.2) is 0 Å². The number of amides is 2. The lowest BCUT2D eigenvalue weighted by atomic mass is 10.3. The first-order valence-corrected chi connectivity index (χ1v) is 8.53. The van der Waals surface area contributed by atoms with Crippen molar-refractivity contribution in [1.29, 1.82) is 0 Å². The lowest BCUT2D eigenvalue weighted by Crippen LogP contribution is -2.53. The summed E-state index contributed by atoms with van der Waals surface area (Å²) in [6.45, 7) is 10.1. The van der Waals surface area contributed by atoms with E-state index >= 15 is 0 Å². The molecule has 1 aliphatic heterocycles. The van der Waals surface area contributed by atoms with Crippen LogP contribution in [0, 0.1) is 0 Å². The van der Waals surface area contributed by atoms with Gasteiger partial charge in [-0.1, -0.05) is 11.6 Å². The molecule has 0 atom stereocenters. The third kappa shape index (κ3) is 4.97. The molecule has 0 N–H and O–H groups in total. The van der Waals surface area contributed by atoms with Gasteiger partial charge in [0.05, 0.1) is 0 Å². The Bertz CT molecular complexity index is 503. The second-order valence-electron chi connectivity index (χ2n) is 5.42. The number of piperazine rings is 1. The normalized spacial score (nSPS) is 15.5. The zero-order chi connectivity index (χ0) is 16.7. The minimum Gasteiger partial charge on any atom is -0.475 e. The number of pyridine rings is 1. The molecule has 23 heavy (non-hydrogen) atoms. The minimum atomic E-state index is 0.145. The summed E-state index contributed by atoms with van der Waals surface area (Å²) in [5.41, 5.74) is 0. The van der Waals surface area contributed by atoms with Crippen LogP contribution in [-0.4, -0.2) is 78.1 Å². The SMILES string of the molecule is CCN(CC)C(=O)N1CCN(CCOc2ncccc2Cl)CC1. The summed E-state index contributed by atoms with van der Waals surface area (Å²) in [6.07, 6.45) is 1.67. The fourth-order valence-corrected chi connectivity index (χ4v) is 2.78. The molecule has 7 heteroatoms. The van der Waals surface area contributed by atoms with Gasteiger partial charge in [0.25, 0.3) is 0 Å². The number of rotatable bonds is 6. The minimum absolute atomic E-state index is 0.145. The van der Waals surface area contributed by atoms with Crippen molar-refractivity contribution >= 4 is 17.6 Å². The van der Waals surface area contributed by atoms with Gasteiger partial charge in [-0.05, 0) is 26.0 Å². The van der Waals surface area contributed by atoms with Crippen LogP contribution in [0.1, 0.15) is 13.8 Å². The van der Waals surface area contributed by atoms with Crippen molar-refractivity contribution in [1.82, 2.24) is 19.7 Å². The molecule has 0 aliphatic carbocycles. The average molecular weight is 341 g/mol. The molecule has 2 heterocycles. The number of halogens is 1. The van der Waals surface area contributed by atoms with Crippen LogP contribution in [0.4, 0.5) is 4.79 Å². The molecular weight excluding hydrogens is 316 g/mol.